The fourth-order valence-corrected chi connectivity index (χ4v) is 2.94. The normalized spacial score (nSPS) is 14.9. The standard InChI is InChI=1S/C17H20N2O2/c1-3-15-13(7-8-21-15)17(18-4-2)11-5-6-14-12(9-11)10-16(20)19-14/h5-9,17-18H,3-4,10H2,1-2H3,(H,19,20). The Morgan fingerprint density at radius 1 is 1.33 bits per heavy atom. The zero-order valence-electron chi connectivity index (χ0n) is 12.4. The molecule has 0 saturated heterocycles. The van der Waals surface area contributed by atoms with Crippen molar-refractivity contribution in [2.24, 2.45) is 0 Å². The van der Waals surface area contributed by atoms with E-state index in [9.17, 15) is 4.79 Å². The second-order valence-electron chi connectivity index (χ2n) is 5.28. The quantitative estimate of drug-likeness (QED) is 0.887. The Labute approximate surface area is 124 Å². The molecule has 1 aromatic carbocycles. The number of fused-ring (bicyclic) bond motifs is 1. The van der Waals surface area contributed by atoms with Crippen LogP contribution in [0, 0.1) is 0 Å². The number of carbonyl (C=O) groups is 1. The van der Waals surface area contributed by atoms with Crippen molar-refractivity contribution in [3.63, 3.8) is 0 Å². The molecule has 0 fully saturated rings. The minimum Gasteiger partial charge on any atom is -0.469 e. The maximum absolute atomic E-state index is 11.5. The zero-order valence-corrected chi connectivity index (χ0v) is 12.4. The van der Waals surface area contributed by atoms with Gasteiger partial charge in [-0.1, -0.05) is 26.0 Å². The summed E-state index contributed by atoms with van der Waals surface area (Å²) in [4.78, 5) is 11.5. The van der Waals surface area contributed by atoms with Crippen molar-refractivity contribution in [3.8, 4) is 0 Å². The summed E-state index contributed by atoms with van der Waals surface area (Å²) in [6.45, 7) is 5.06. The lowest BCUT2D eigenvalue weighted by Crippen LogP contribution is -2.22. The summed E-state index contributed by atoms with van der Waals surface area (Å²) in [5, 5.41) is 6.39. The number of furan rings is 1. The van der Waals surface area contributed by atoms with Gasteiger partial charge in [-0.25, -0.2) is 0 Å². The van der Waals surface area contributed by atoms with E-state index in [0.717, 1.165) is 30.0 Å². The first-order chi connectivity index (χ1) is 10.2. The number of anilines is 1. The van der Waals surface area contributed by atoms with Gasteiger partial charge in [-0.15, -0.1) is 0 Å². The SMILES string of the molecule is CCNC(c1ccc2c(c1)CC(=O)N2)c1ccoc1CC. The summed E-state index contributed by atoms with van der Waals surface area (Å²) in [6.07, 6.45) is 3.08. The van der Waals surface area contributed by atoms with Crippen LogP contribution in [-0.2, 0) is 17.6 Å². The first-order valence-corrected chi connectivity index (χ1v) is 7.45. The molecule has 21 heavy (non-hydrogen) atoms. The molecule has 2 heterocycles. The molecule has 0 bridgehead atoms. The molecule has 0 aliphatic carbocycles. The van der Waals surface area contributed by atoms with Crippen molar-refractivity contribution in [2.75, 3.05) is 11.9 Å². The molecule has 3 rings (SSSR count). The third kappa shape index (κ3) is 2.59. The van der Waals surface area contributed by atoms with Crippen molar-refractivity contribution in [1.82, 2.24) is 5.32 Å². The van der Waals surface area contributed by atoms with Crippen LogP contribution in [0.4, 0.5) is 5.69 Å². The molecule has 1 unspecified atom stereocenters. The molecule has 110 valence electrons. The lowest BCUT2D eigenvalue weighted by atomic mass is 9.96. The van der Waals surface area contributed by atoms with Crippen molar-refractivity contribution < 1.29 is 9.21 Å². The van der Waals surface area contributed by atoms with Gasteiger partial charge in [-0.2, -0.15) is 0 Å². The molecule has 1 atom stereocenters. The minimum absolute atomic E-state index is 0.0692. The van der Waals surface area contributed by atoms with E-state index in [1.54, 1.807) is 6.26 Å². The minimum atomic E-state index is 0.0692. The molecular formula is C17H20N2O2. The summed E-state index contributed by atoms with van der Waals surface area (Å²) in [7, 11) is 0. The van der Waals surface area contributed by atoms with E-state index in [4.69, 9.17) is 4.42 Å². The lowest BCUT2D eigenvalue weighted by Gasteiger charge is -2.19. The van der Waals surface area contributed by atoms with Gasteiger partial charge in [0.05, 0.1) is 18.7 Å². The number of amides is 1. The van der Waals surface area contributed by atoms with E-state index >= 15 is 0 Å². The van der Waals surface area contributed by atoms with E-state index < -0.39 is 0 Å². The Kier molecular flexibility index (Phi) is 3.80. The van der Waals surface area contributed by atoms with E-state index in [-0.39, 0.29) is 11.9 Å². The Hall–Kier alpha value is -2.07. The van der Waals surface area contributed by atoms with Crippen LogP contribution in [0.5, 0.6) is 0 Å². The summed E-state index contributed by atoms with van der Waals surface area (Å²) < 4.78 is 5.57. The number of rotatable bonds is 5. The van der Waals surface area contributed by atoms with Crippen molar-refractivity contribution >= 4 is 11.6 Å². The predicted octanol–water partition coefficient (Wildman–Crippen LogP) is 3.04. The van der Waals surface area contributed by atoms with Crippen LogP contribution in [0.2, 0.25) is 0 Å². The first-order valence-electron chi connectivity index (χ1n) is 7.45. The molecular weight excluding hydrogens is 264 g/mol. The average Bonchev–Trinajstić information content (AvgIpc) is 3.08. The highest BCUT2D eigenvalue weighted by Crippen LogP contribution is 2.31. The van der Waals surface area contributed by atoms with Gasteiger partial charge in [0.1, 0.15) is 5.76 Å². The van der Waals surface area contributed by atoms with Crippen LogP contribution in [0.25, 0.3) is 0 Å². The monoisotopic (exact) mass is 284 g/mol. The van der Waals surface area contributed by atoms with E-state index in [0.29, 0.717) is 6.42 Å². The zero-order chi connectivity index (χ0) is 14.8. The van der Waals surface area contributed by atoms with Gasteiger partial charge in [0, 0.05) is 17.7 Å². The number of nitrogens with one attached hydrogen (secondary N) is 2. The van der Waals surface area contributed by atoms with Crippen LogP contribution < -0.4 is 10.6 Å². The molecule has 1 aromatic heterocycles. The third-order valence-electron chi connectivity index (χ3n) is 3.91. The summed E-state index contributed by atoms with van der Waals surface area (Å²) in [6, 6.07) is 8.32. The maximum atomic E-state index is 11.5. The number of hydrogen-bond donors (Lipinski definition) is 2. The Balaban J connectivity index is 1.98. The molecule has 1 amide bonds. The molecule has 1 aliphatic heterocycles. The van der Waals surface area contributed by atoms with Gasteiger partial charge >= 0.3 is 0 Å². The van der Waals surface area contributed by atoms with Crippen LogP contribution in [0.1, 0.15) is 42.3 Å². The van der Waals surface area contributed by atoms with Gasteiger partial charge in [0.15, 0.2) is 0 Å². The highest BCUT2D eigenvalue weighted by Gasteiger charge is 2.22. The molecule has 0 saturated carbocycles. The van der Waals surface area contributed by atoms with E-state index in [2.05, 4.69) is 36.6 Å². The first kappa shape index (κ1) is 13.9. The second kappa shape index (κ2) is 5.74. The van der Waals surface area contributed by atoms with Crippen LogP contribution in [-0.4, -0.2) is 12.5 Å². The number of hydrogen-bond acceptors (Lipinski definition) is 3. The Morgan fingerprint density at radius 2 is 2.19 bits per heavy atom. The van der Waals surface area contributed by atoms with Crippen LogP contribution in [0.3, 0.4) is 0 Å². The maximum Gasteiger partial charge on any atom is 0.228 e. The molecule has 1 aliphatic rings. The van der Waals surface area contributed by atoms with Gasteiger partial charge in [-0.05, 0) is 29.8 Å². The van der Waals surface area contributed by atoms with Crippen LogP contribution in [0.15, 0.2) is 34.9 Å². The smallest absolute Gasteiger partial charge is 0.228 e. The fraction of sp³-hybridized carbons (Fsp3) is 0.353. The average molecular weight is 284 g/mol. The highest BCUT2D eigenvalue weighted by atomic mass is 16.3. The molecule has 0 radical (unpaired) electrons. The predicted molar refractivity (Wildman–Crippen MR) is 82.4 cm³/mol. The molecule has 2 aromatic rings. The van der Waals surface area contributed by atoms with Gasteiger partial charge < -0.3 is 15.1 Å². The summed E-state index contributed by atoms with van der Waals surface area (Å²) >= 11 is 0. The van der Waals surface area contributed by atoms with Crippen molar-refractivity contribution in [2.45, 2.75) is 32.7 Å². The largest absolute Gasteiger partial charge is 0.469 e. The Bertz CT molecular complexity index is 661. The van der Waals surface area contributed by atoms with Crippen molar-refractivity contribution in [1.29, 1.82) is 0 Å². The van der Waals surface area contributed by atoms with Crippen LogP contribution >= 0.6 is 0 Å². The summed E-state index contributed by atoms with van der Waals surface area (Å²) in [5.41, 5.74) is 4.35. The Morgan fingerprint density at radius 3 is 2.95 bits per heavy atom. The van der Waals surface area contributed by atoms with Gasteiger partial charge in [0.2, 0.25) is 5.91 Å². The fourth-order valence-electron chi connectivity index (χ4n) is 2.94. The molecule has 4 nitrogen and oxygen atoms in total. The summed E-state index contributed by atoms with van der Waals surface area (Å²) in [5.74, 6) is 1.08. The second-order valence-corrected chi connectivity index (χ2v) is 5.28. The molecule has 0 spiro atoms. The topological polar surface area (TPSA) is 54.3 Å². The lowest BCUT2D eigenvalue weighted by molar-refractivity contribution is -0.115. The van der Waals surface area contributed by atoms with E-state index in [1.165, 1.54) is 11.1 Å². The van der Waals surface area contributed by atoms with E-state index in [1.807, 2.05) is 12.1 Å². The third-order valence-corrected chi connectivity index (χ3v) is 3.91. The number of aryl methyl sites for hydroxylation is 1. The van der Waals surface area contributed by atoms with Gasteiger partial charge in [-0.3, -0.25) is 4.79 Å². The molecule has 4 heteroatoms. The number of benzene rings is 1. The number of carbonyl (C=O) groups excluding carboxylic acids is 1. The highest BCUT2D eigenvalue weighted by molar-refractivity contribution is 5.99. The van der Waals surface area contributed by atoms with Crippen molar-refractivity contribution in [3.05, 3.63) is 53.0 Å². The molecule has 2 N–H and O–H groups in total. The van der Waals surface area contributed by atoms with Gasteiger partial charge in [0.25, 0.3) is 0 Å².